The summed E-state index contributed by atoms with van der Waals surface area (Å²) in [6.45, 7) is 10.1. The molecule has 190 valence electrons. The van der Waals surface area contributed by atoms with Crippen molar-refractivity contribution in [2.45, 2.75) is 40.7 Å². The minimum atomic E-state index is -1.52. The molecular formula is C24H29Cl2N3O6. The maximum absolute atomic E-state index is 13.1. The van der Waals surface area contributed by atoms with Crippen LogP contribution in [-0.4, -0.2) is 44.2 Å². The second-order valence-electron chi connectivity index (χ2n) is 6.96. The van der Waals surface area contributed by atoms with Gasteiger partial charge in [0.2, 0.25) is 6.04 Å². The normalized spacial score (nSPS) is 11.7. The molecule has 0 aliphatic rings. The van der Waals surface area contributed by atoms with Crippen molar-refractivity contribution in [3.8, 4) is 23.0 Å². The molecule has 0 aliphatic heterocycles. The number of carbonyl (C=O) groups excluding carboxylic acids is 2. The van der Waals surface area contributed by atoms with Gasteiger partial charge in [-0.3, -0.25) is 9.59 Å². The third-order valence-electron chi connectivity index (χ3n) is 4.45. The smallest absolute Gasteiger partial charge is 0.276 e. The molecule has 0 fully saturated rings. The number of hydrogen-bond acceptors (Lipinski definition) is 8. The highest BCUT2D eigenvalue weighted by Gasteiger charge is 2.30. The van der Waals surface area contributed by atoms with E-state index in [1.54, 1.807) is 31.2 Å². The third-order valence-corrected chi connectivity index (χ3v) is 5.18. The van der Waals surface area contributed by atoms with Gasteiger partial charge < -0.3 is 18.9 Å². The van der Waals surface area contributed by atoms with E-state index < -0.39 is 17.7 Å². The van der Waals surface area contributed by atoms with Crippen LogP contribution in [0.4, 0.5) is 11.4 Å². The van der Waals surface area contributed by atoms with Crippen LogP contribution in [-0.2, 0) is 9.59 Å². The summed E-state index contributed by atoms with van der Waals surface area (Å²) in [7, 11) is 0. The number of anilines is 1. The van der Waals surface area contributed by atoms with Gasteiger partial charge in [0.15, 0.2) is 5.78 Å². The van der Waals surface area contributed by atoms with E-state index >= 15 is 0 Å². The molecule has 9 nitrogen and oxygen atoms in total. The van der Waals surface area contributed by atoms with Crippen LogP contribution in [0.1, 0.15) is 34.6 Å². The first-order valence-corrected chi connectivity index (χ1v) is 11.9. The van der Waals surface area contributed by atoms with Crippen LogP contribution in [0.15, 0.2) is 40.6 Å². The van der Waals surface area contributed by atoms with Crippen molar-refractivity contribution >= 4 is 46.4 Å². The van der Waals surface area contributed by atoms with Crippen LogP contribution in [0.5, 0.6) is 23.0 Å². The molecular weight excluding hydrogens is 497 g/mol. The zero-order valence-electron chi connectivity index (χ0n) is 20.3. The SMILES string of the molecule is CCOc1ccc(N(Cl)C(=O)C(N=Nc2cc(OCC)cc(OCC)c2Cl)C(C)=O)c(OCC)c1. The van der Waals surface area contributed by atoms with Crippen molar-refractivity contribution in [3.63, 3.8) is 0 Å². The molecule has 0 saturated carbocycles. The molecule has 11 heteroatoms. The summed E-state index contributed by atoms with van der Waals surface area (Å²) >= 11 is 12.7. The summed E-state index contributed by atoms with van der Waals surface area (Å²) in [6, 6.07) is 6.47. The number of Topliss-reactive ketones (excluding diaryl/α,β-unsaturated/α-hetero) is 1. The topological polar surface area (TPSA) is 99.0 Å². The number of benzene rings is 2. The largest absolute Gasteiger partial charge is 0.494 e. The van der Waals surface area contributed by atoms with E-state index in [0.717, 1.165) is 4.42 Å². The Bertz CT molecular complexity index is 1060. The zero-order chi connectivity index (χ0) is 26.0. The maximum Gasteiger partial charge on any atom is 0.276 e. The van der Waals surface area contributed by atoms with Crippen molar-refractivity contribution in [1.82, 2.24) is 0 Å². The summed E-state index contributed by atoms with van der Waals surface area (Å²) in [5, 5.41) is 8.20. The van der Waals surface area contributed by atoms with Crippen LogP contribution < -0.4 is 23.4 Å². The lowest BCUT2D eigenvalue weighted by Gasteiger charge is -2.20. The Kier molecular flexibility index (Phi) is 11.1. The summed E-state index contributed by atoms with van der Waals surface area (Å²) < 4.78 is 22.9. The van der Waals surface area contributed by atoms with Crippen LogP contribution >= 0.6 is 23.4 Å². The van der Waals surface area contributed by atoms with Gasteiger partial charge >= 0.3 is 0 Å². The first kappa shape index (κ1) is 28.2. The van der Waals surface area contributed by atoms with E-state index in [0.29, 0.717) is 49.4 Å². The first-order chi connectivity index (χ1) is 16.8. The summed E-state index contributed by atoms with van der Waals surface area (Å²) in [4.78, 5) is 25.5. The molecule has 2 aromatic rings. The van der Waals surface area contributed by atoms with Crippen molar-refractivity contribution in [2.24, 2.45) is 10.2 Å². The number of ether oxygens (including phenoxy) is 4. The van der Waals surface area contributed by atoms with Gasteiger partial charge in [0.25, 0.3) is 5.91 Å². The fourth-order valence-electron chi connectivity index (χ4n) is 2.98. The maximum atomic E-state index is 13.1. The highest BCUT2D eigenvalue weighted by Crippen LogP contribution is 2.39. The Morgan fingerprint density at radius 2 is 1.46 bits per heavy atom. The van der Waals surface area contributed by atoms with Gasteiger partial charge in [0, 0.05) is 30.0 Å². The molecule has 0 spiro atoms. The molecule has 0 aliphatic carbocycles. The molecule has 35 heavy (non-hydrogen) atoms. The molecule has 2 aromatic carbocycles. The zero-order valence-corrected chi connectivity index (χ0v) is 21.9. The predicted molar refractivity (Wildman–Crippen MR) is 135 cm³/mol. The van der Waals surface area contributed by atoms with Gasteiger partial charge in [0.05, 0.1) is 26.4 Å². The highest BCUT2D eigenvalue weighted by atomic mass is 35.5. The molecule has 0 radical (unpaired) electrons. The summed E-state index contributed by atoms with van der Waals surface area (Å²) in [5.74, 6) is 0.290. The number of rotatable bonds is 13. The van der Waals surface area contributed by atoms with E-state index in [1.807, 2.05) is 20.8 Å². The van der Waals surface area contributed by atoms with Crippen LogP contribution in [0.2, 0.25) is 5.02 Å². The summed E-state index contributed by atoms with van der Waals surface area (Å²) in [5.41, 5.74) is 0.413. The monoisotopic (exact) mass is 525 g/mol. The lowest BCUT2D eigenvalue weighted by Crippen LogP contribution is -2.36. The molecule has 0 N–H and O–H groups in total. The van der Waals surface area contributed by atoms with E-state index in [4.69, 9.17) is 42.3 Å². The fourth-order valence-corrected chi connectivity index (χ4v) is 3.41. The first-order valence-electron chi connectivity index (χ1n) is 11.2. The van der Waals surface area contributed by atoms with Gasteiger partial charge in [-0.2, -0.15) is 10.2 Å². The second kappa shape index (κ2) is 13.7. The van der Waals surface area contributed by atoms with Gasteiger partial charge in [0.1, 0.15) is 39.4 Å². The molecule has 1 unspecified atom stereocenters. The van der Waals surface area contributed by atoms with Crippen molar-refractivity contribution in [1.29, 1.82) is 0 Å². The van der Waals surface area contributed by atoms with E-state index in [1.165, 1.54) is 13.0 Å². The molecule has 0 heterocycles. The lowest BCUT2D eigenvalue weighted by atomic mass is 10.2. The van der Waals surface area contributed by atoms with Crippen molar-refractivity contribution in [2.75, 3.05) is 30.8 Å². The minimum absolute atomic E-state index is 0.168. The third kappa shape index (κ3) is 7.47. The fraction of sp³-hybridized carbons (Fsp3) is 0.417. The Morgan fingerprint density at radius 1 is 0.886 bits per heavy atom. The molecule has 0 bridgehead atoms. The van der Waals surface area contributed by atoms with Crippen LogP contribution in [0.3, 0.4) is 0 Å². The average molecular weight is 526 g/mol. The number of amides is 1. The average Bonchev–Trinajstić information content (AvgIpc) is 2.82. The molecule has 2 rings (SSSR count). The Labute approximate surface area is 215 Å². The highest BCUT2D eigenvalue weighted by molar-refractivity contribution is 6.39. The van der Waals surface area contributed by atoms with Gasteiger partial charge in [-0.05, 0) is 46.8 Å². The number of ketones is 1. The quantitative estimate of drug-likeness (QED) is 0.176. The van der Waals surface area contributed by atoms with E-state index in [2.05, 4.69) is 10.2 Å². The number of nitrogens with zero attached hydrogens (tertiary/aromatic N) is 3. The van der Waals surface area contributed by atoms with Gasteiger partial charge in [-0.25, -0.2) is 4.42 Å². The Morgan fingerprint density at radius 3 is 2.06 bits per heavy atom. The minimum Gasteiger partial charge on any atom is -0.494 e. The number of halogens is 2. The van der Waals surface area contributed by atoms with Gasteiger partial charge in [-0.15, -0.1) is 0 Å². The van der Waals surface area contributed by atoms with Gasteiger partial charge in [-0.1, -0.05) is 11.6 Å². The Hall–Kier alpha value is -3.04. The van der Waals surface area contributed by atoms with Crippen molar-refractivity contribution in [3.05, 3.63) is 35.4 Å². The van der Waals surface area contributed by atoms with E-state index in [-0.39, 0.29) is 16.4 Å². The predicted octanol–water partition coefficient (Wildman–Crippen LogP) is 6.16. The van der Waals surface area contributed by atoms with Crippen molar-refractivity contribution < 1.29 is 28.5 Å². The molecule has 0 aromatic heterocycles. The molecule has 1 amide bonds. The standard InChI is InChI=1S/C24H29Cl2N3O6/c1-6-32-16-10-11-19(20(13-16)34-8-3)29(26)24(31)23(15(5)30)28-27-18-12-17(33-7-2)14-21(22(18)25)35-9-4/h10-14,23H,6-9H2,1-5H3. The number of azo groups is 1. The van der Waals surface area contributed by atoms with E-state index in [9.17, 15) is 9.59 Å². The second-order valence-corrected chi connectivity index (χ2v) is 7.68. The number of hydrogen-bond donors (Lipinski definition) is 0. The summed E-state index contributed by atoms with van der Waals surface area (Å²) in [6.07, 6.45) is 0. The van der Waals surface area contributed by atoms with Crippen LogP contribution in [0, 0.1) is 0 Å². The molecule has 1 atom stereocenters. The molecule has 0 saturated heterocycles. The lowest BCUT2D eigenvalue weighted by molar-refractivity contribution is -0.126. The number of carbonyl (C=O) groups is 2. The Balaban J connectivity index is 2.40. The van der Waals surface area contributed by atoms with Crippen LogP contribution in [0.25, 0.3) is 0 Å².